The highest BCUT2D eigenvalue weighted by Crippen LogP contribution is 2.36. The molecule has 0 saturated heterocycles. The van der Waals surface area contributed by atoms with Crippen molar-refractivity contribution in [1.29, 1.82) is 0 Å². The van der Waals surface area contributed by atoms with Gasteiger partial charge in [-0.2, -0.15) is 13.2 Å². The van der Waals surface area contributed by atoms with Crippen LogP contribution < -0.4 is 0 Å². The van der Waals surface area contributed by atoms with E-state index < -0.39 is 11.7 Å². The van der Waals surface area contributed by atoms with Gasteiger partial charge in [-0.3, -0.25) is 9.78 Å². The molecule has 0 unspecified atom stereocenters. The monoisotopic (exact) mass is 474 g/mol. The van der Waals surface area contributed by atoms with E-state index in [2.05, 4.69) is 15.0 Å². The summed E-state index contributed by atoms with van der Waals surface area (Å²) in [7, 11) is 1.73. The average Bonchev–Trinajstić information content (AvgIpc) is 3.10. The van der Waals surface area contributed by atoms with Crippen LogP contribution in [0.3, 0.4) is 0 Å². The molecule has 0 N–H and O–H groups in total. The highest BCUT2D eigenvalue weighted by Gasteiger charge is 2.32. The third-order valence-electron chi connectivity index (χ3n) is 4.59. The number of carbonyl (C=O) groups is 1. The van der Waals surface area contributed by atoms with Crippen LogP contribution in [-0.4, -0.2) is 30.4 Å². The molecule has 1 aromatic carbocycles. The summed E-state index contributed by atoms with van der Waals surface area (Å²) in [6, 6.07) is 13.4. The number of nitrogens with zero attached hydrogens (tertiary/aromatic N) is 4. The Kier molecular flexibility index (Phi) is 6.25. The maximum Gasteiger partial charge on any atom is 0.417 e. The van der Waals surface area contributed by atoms with Gasteiger partial charge < -0.3 is 4.57 Å². The van der Waals surface area contributed by atoms with Crippen LogP contribution in [0.2, 0.25) is 0 Å². The van der Waals surface area contributed by atoms with Crippen LogP contribution in [0.15, 0.2) is 64.6 Å². The van der Waals surface area contributed by atoms with E-state index in [9.17, 15) is 18.0 Å². The molecule has 32 heavy (non-hydrogen) atoms. The second-order valence-electron chi connectivity index (χ2n) is 6.74. The van der Waals surface area contributed by atoms with Crippen molar-refractivity contribution in [2.45, 2.75) is 23.0 Å². The number of imidazole rings is 1. The second kappa shape index (κ2) is 8.95. The number of fused-ring (bicyclic) bond motifs is 1. The molecule has 3 aromatic heterocycles. The first-order valence-corrected chi connectivity index (χ1v) is 11.4. The van der Waals surface area contributed by atoms with E-state index in [1.807, 2.05) is 13.0 Å². The molecule has 0 radical (unpaired) electrons. The Labute approximate surface area is 190 Å². The summed E-state index contributed by atoms with van der Waals surface area (Å²) in [6.07, 6.45) is -3.65. The number of rotatable bonds is 5. The fourth-order valence-corrected chi connectivity index (χ4v) is 4.59. The van der Waals surface area contributed by atoms with Gasteiger partial charge in [-0.25, -0.2) is 9.97 Å². The molecule has 4 rings (SSSR count). The summed E-state index contributed by atoms with van der Waals surface area (Å²) >= 11 is 2.28. The molecule has 0 aliphatic rings. The Morgan fingerprint density at radius 1 is 1.09 bits per heavy atom. The number of pyridine rings is 2. The van der Waals surface area contributed by atoms with Crippen LogP contribution in [0.5, 0.6) is 0 Å². The predicted molar refractivity (Wildman–Crippen MR) is 120 cm³/mol. The molecule has 0 spiro atoms. The lowest BCUT2D eigenvalue weighted by Crippen LogP contribution is -2.07. The summed E-state index contributed by atoms with van der Waals surface area (Å²) in [5.41, 5.74) is 1.21. The fourth-order valence-electron chi connectivity index (χ4n) is 3.08. The number of benzene rings is 1. The van der Waals surface area contributed by atoms with Gasteiger partial charge in [-0.15, -0.1) is 11.8 Å². The molecule has 0 amide bonds. The number of aromatic nitrogens is 4. The highest BCUT2D eigenvalue weighted by molar-refractivity contribution is 8.14. The molecule has 164 valence electrons. The van der Waals surface area contributed by atoms with E-state index in [0.29, 0.717) is 43.9 Å². The van der Waals surface area contributed by atoms with Crippen molar-refractivity contribution >= 4 is 39.8 Å². The summed E-state index contributed by atoms with van der Waals surface area (Å²) in [5.74, 6) is 0.995. The molecule has 0 bridgehead atoms. The molecule has 5 nitrogen and oxygen atoms in total. The predicted octanol–water partition coefficient (Wildman–Crippen LogP) is 6.09. The molecule has 0 aliphatic heterocycles. The molecule has 4 aromatic rings. The summed E-state index contributed by atoms with van der Waals surface area (Å²) in [5, 5.41) is 0.371. The topological polar surface area (TPSA) is 60.7 Å². The number of halogens is 3. The Morgan fingerprint density at radius 3 is 2.53 bits per heavy atom. The van der Waals surface area contributed by atoms with Crippen LogP contribution >= 0.6 is 23.5 Å². The van der Waals surface area contributed by atoms with Crippen molar-refractivity contribution in [3.63, 3.8) is 0 Å². The zero-order chi connectivity index (χ0) is 22.9. The van der Waals surface area contributed by atoms with Gasteiger partial charge in [0.25, 0.3) is 0 Å². The lowest BCUT2D eigenvalue weighted by atomic mass is 10.2. The van der Waals surface area contributed by atoms with Gasteiger partial charge in [0.15, 0.2) is 11.5 Å². The molecular formula is C22H17F3N4OS2. The third kappa shape index (κ3) is 4.51. The van der Waals surface area contributed by atoms with Crippen molar-refractivity contribution in [1.82, 2.24) is 19.5 Å². The average molecular weight is 475 g/mol. The van der Waals surface area contributed by atoms with E-state index in [4.69, 9.17) is 0 Å². The fraction of sp³-hybridized carbons (Fsp3) is 0.182. The van der Waals surface area contributed by atoms with Gasteiger partial charge in [0.1, 0.15) is 16.2 Å². The molecule has 10 heteroatoms. The standard InChI is InChI=1S/C22H17F3N4OS2/c1-3-31-16-11-14(22(23,24)25)12-26-18(16)20-27-15-9-10-17(28-19(15)29(20)2)32-21(30)13-7-5-4-6-8-13/h4-12H,3H2,1-2H3. The summed E-state index contributed by atoms with van der Waals surface area (Å²) in [6.45, 7) is 1.86. The van der Waals surface area contributed by atoms with Gasteiger partial charge in [-0.05, 0) is 35.7 Å². The van der Waals surface area contributed by atoms with Crippen LogP contribution in [-0.2, 0) is 13.2 Å². The normalized spacial score (nSPS) is 11.8. The number of carbonyl (C=O) groups excluding carboxylic acids is 1. The van der Waals surface area contributed by atoms with Crippen molar-refractivity contribution in [2.24, 2.45) is 7.05 Å². The van der Waals surface area contributed by atoms with E-state index in [1.165, 1.54) is 11.8 Å². The van der Waals surface area contributed by atoms with Crippen LogP contribution in [0.1, 0.15) is 22.8 Å². The Balaban J connectivity index is 1.72. The van der Waals surface area contributed by atoms with Crippen LogP contribution in [0, 0.1) is 0 Å². The first-order valence-electron chi connectivity index (χ1n) is 9.59. The maximum absolute atomic E-state index is 13.2. The van der Waals surface area contributed by atoms with E-state index in [0.717, 1.165) is 24.0 Å². The van der Waals surface area contributed by atoms with Crippen LogP contribution in [0.4, 0.5) is 13.2 Å². The minimum absolute atomic E-state index is 0.133. The number of thioether (sulfide) groups is 2. The van der Waals surface area contributed by atoms with Crippen molar-refractivity contribution < 1.29 is 18.0 Å². The zero-order valence-electron chi connectivity index (χ0n) is 17.1. The smallest absolute Gasteiger partial charge is 0.310 e. The second-order valence-corrected chi connectivity index (χ2v) is 9.04. The number of hydrogen-bond donors (Lipinski definition) is 0. The summed E-state index contributed by atoms with van der Waals surface area (Å²) in [4.78, 5) is 26.1. The van der Waals surface area contributed by atoms with Crippen LogP contribution in [0.25, 0.3) is 22.7 Å². The lowest BCUT2D eigenvalue weighted by molar-refractivity contribution is -0.138. The van der Waals surface area contributed by atoms with Crippen molar-refractivity contribution in [3.8, 4) is 11.5 Å². The molecule has 3 heterocycles. The first-order chi connectivity index (χ1) is 15.3. The Bertz CT molecular complexity index is 1290. The van der Waals surface area contributed by atoms with Crippen molar-refractivity contribution in [3.05, 3.63) is 65.9 Å². The van der Waals surface area contributed by atoms with E-state index in [1.54, 1.807) is 48.0 Å². The third-order valence-corrected chi connectivity index (χ3v) is 6.36. The minimum Gasteiger partial charge on any atom is -0.310 e. The highest BCUT2D eigenvalue weighted by atomic mass is 32.2. The molecule has 0 aliphatic carbocycles. The van der Waals surface area contributed by atoms with Gasteiger partial charge >= 0.3 is 6.18 Å². The van der Waals surface area contributed by atoms with Gasteiger partial charge in [-0.1, -0.05) is 37.3 Å². The quantitative estimate of drug-likeness (QED) is 0.326. The number of aryl methyl sites for hydroxylation is 1. The SMILES string of the molecule is CCSc1cc(C(F)(F)F)cnc1-c1nc2ccc(SC(=O)c3ccccc3)nc2n1C. The molecule has 0 atom stereocenters. The van der Waals surface area contributed by atoms with E-state index >= 15 is 0 Å². The lowest BCUT2D eigenvalue weighted by Gasteiger charge is -2.11. The first kappa shape index (κ1) is 22.3. The van der Waals surface area contributed by atoms with E-state index in [-0.39, 0.29) is 5.12 Å². The minimum atomic E-state index is -4.47. The zero-order valence-corrected chi connectivity index (χ0v) is 18.7. The number of alkyl halides is 3. The van der Waals surface area contributed by atoms with Crippen molar-refractivity contribution in [2.75, 3.05) is 5.75 Å². The summed E-state index contributed by atoms with van der Waals surface area (Å²) < 4.78 is 41.1. The van der Waals surface area contributed by atoms with Gasteiger partial charge in [0, 0.05) is 23.7 Å². The Hall–Kier alpha value is -2.85. The van der Waals surface area contributed by atoms with Gasteiger partial charge in [0.2, 0.25) is 5.12 Å². The largest absolute Gasteiger partial charge is 0.417 e. The van der Waals surface area contributed by atoms with Gasteiger partial charge in [0.05, 0.1) is 5.56 Å². The Morgan fingerprint density at radius 2 is 1.84 bits per heavy atom. The molecule has 0 fully saturated rings. The molecular weight excluding hydrogens is 457 g/mol. The molecule has 0 saturated carbocycles. The number of hydrogen-bond acceptors (Lipinski definition) is 6. The maximum atomic E-state index is 13.2.